The second-order valence-electron chi connectivity index (χ2n) is 5.50. The van der Waals surface area contributed by atoms with Gasteiger partial charge in [-0.15, -0.1) is 0 Å². The Kier molecular flexibility index (Phi) is 5.20. The molecule has 1 amide bonds. The number of hydrogen-bond acceptors (Lipinski definition) is 3. The average Bonchev–Trinajstić information content (AvgIpc) is 2.28. The van der Waals surface area contributed by atoms with Crippen molar-refractivity contribution >= 4 is 23.4 Å². The first-order chi connectivity index (χ1) is 8.73. The zero-order valence-corrected chi connectivity index (χ0v) is 12.5. The van der Waals surface area contributed by atoms with Gasteiger partial charge in [0.1, 0.15) is 5.60 Å². The van der Waals surface area contributed by atoms with Crippen LogP contribution in [0.2, 0.25) is 5.02 Å². The topological polar surface area (TPSA) is 64.3 Å². The number of amides is 1. The molecule has 1 aromatic carbocycles. The molecule has 0 aromatic heterocycles. The van der Waals surface area contributed by atoms with E-state index in [1.54, 1.807) is 12.1 Å². The largest absolute Gasteiger partial charge is 0.444 e. The molecular formula is C14H21ClN2O2. The summed E-state index contributed by atoms with van der Waals surface area (Å²) >= 11 is 6.11. The van der Waals surface area contributed by atoms with E-state index in [1.807, 2.05) is 33.8 Å². The predicted octanol–water partition coefficient (Wildman–Crippen LogP) is 3.75. The zero-order chi connectivity index (χ0) is 14.6. The molecule has 1 aromatic rings. The first-order valence-electron chi connectivity index (χ1n) is 6.22. The minimum atomic E-state index is -0.524. The van der Waals surface area contributed by atoms with Crippen molar-refractivity contribution in [2.75, 3.05) is 11.9 Å². The van der Waals surface area contributed by atoms with Crippen molar-refractivity contribution in [1.82, 2.24) is 0 Å². The van der Waals surface area contributed by atoms with Crippen LogP contribution in [0.5, 0.6) is 0 Å². The number of anilines is 1. The monoisotopic (exact) mass is 284 g/mol. The third-order valence-electron chi connectivity index (χ3n) is 2.53. The van der Waals surface area contributed by atoms with Crippen molar-refractivity contribution in [1.29, 1.82) is 0 Å². The average molecular weight is 285 g/mol. The Hall–Kier alpha value is -1.26. The van der Waals surface area contributed by atoms with Crippen LogP contribution >= 0.6 is 11.6 Å². The molecule has 0 saturated heterocycles. The lowest BCUT2D eigenvalue weighted by Gasteiger charge is -2.20. The molecule has 0 aliphatic rings. The number of nitrogens with two attached hydrogens (primary N) is 1. The van der Waals surface area contributed by atoms with Crippen molar-refractivity contribution in [3.63, 3.8) is 0 Å². The van der Waals surface area contributed by atoms with E-state index in [9.17, 15) is 4.79 Å². The number of carbonyl (C=O) groups excluding carboxylic acids is 1. The van der Waals surface area contributed by atoms with Gasteiger partial charge in [0.15, 0.2) is 0 Å². The number of nitrogens with one attached hydrogen (secondary N) is 1. The van der Waals surface area contributed by atoms with E-state index in [1.165, 1.54) is 0 Å². The lowest BCUT2D eigenvalue weighted by Crippen LogP contribution is -2.27. The molecule has 0 bridgehead atoms. The summed E-state index contributed by atoms with van der Waals surface area (Å²) in [5.74, 6) is 0.132. The molecule has 1 rings (SSSR count). The van der Waals surface area contributed by atoms with Gasteiger partial charge in [-0.25, -0.2) is 4.79 Å². The van der Waals surface area contributed by atoms with Gasteiger partial charge in [0, 0.05) is 10.7 Å². The van der Waals surface area contributed by atoms with Gasteiger partial charge >= 0.3 is 6.09 Å². The molecule has 0 aliphatic carbocycles. The van der Waals surface area contributed by atoms with Crippen molar-refractivity contribution in [3.8, 4) is 0 Å². The summed E-state index contributed by atoms with van der Waals surface area (Å²) in [4.78, 5) is 11.7. The van der Waals surface area contributed by atoms with E-state index < -0.39 is 11.7 Å². The third-order valence-corrected chi connectivity index (χ3v) is 2.87. The summed E-state index contributed by atoms with van der Waals surface area (Å²) in [6.45, 7) is 7.93. The summed E-state index contributed by atoms with van der Waals surface area (Å²) < 4.78 is 5.19. The van der Waals surface area contributed by atoms with E-state index in [0.29, 0.717) is 17.3 Å². The number of hydrogen-bond donors (Lipinski definition) is 2. The van der Waals surface area contributed by atoms with Gasteiger partial charge in [0.05, 0.1) is 0 Å². The maximum absolute atomic E-state index is 11.7. The predicted molar refractivity (Wildman–Crippen MR) is 78.8 cm³/mol. The lowest BCUT2D eigenvalue weighted by molar-refractivity contribution is 0.0636. The summed E-state index contributed by atoms with van der Waals surface area (Å²) in [6.07, 6.45) is -0.485. The highest BCUT2D eigenvalue weighted by atomic mass is 35.5. The number of carbonyl (C=O) groups is 1. The van der Waals surface area contributed by atoms with Crippen LogP contribution < -0.4 is 11.1 Å². The van der Waals surface area contributed by atoms with Crippen LogP contribution in [-0.4, -0.2) is 18.2 Å². The Morgan fingerprint density at radius 1 is 1.47 bits per heavy atom. The van der Waals surface area contributed by atoms with Gasteiger partial charge in [0.25, 0.3) is 0 Å². The highest BCUT2D eigenvalue weighted by Crippen LogP contribution is 2.27. The van der Waals surface area contributed by atoms with E-state index in [4.69, 9.17) is 22.1 Å². The van der Waals surface area contributed by atoms with Crippen LogP contribution in [0, 0.1) is 0 Å². The zero-order valence-electron chi connectivity index (χ0n) is 11.8. The first-order valence-corrected chi connectivity index (χ1v) is 6.60. The maximum atomic E-state index is 11.7. The fraction of sp³-hybridized carbons (Fsp3) is 0.500. The Morgan fingerprint density at radius 3 is 2.63 bits per heavy atom. The molecule has 19 heavy (non-hydrogen) atoms. The van der Waals surface area contributed by atoms with Gasteiger partial charge < -0.3 is 10.5 Å². The molecule has 1 atom stereocenters. The molecule has 1 unspecified atom stereocenters. The van der Waals surface area contributed by atoms with Gasteiger partial charge in [-0.3, -0.25) is 5.32 Å². The molecule has 0 saturated carbocycles. The van der Waals surface area contributed by atoms with Crippen LogP contribution in [0.3, 0.4) is 0 Å². The number of ether oxygens (including phenoxy) is 1. The van der Waals surface area contributed by atoms with Crippen LogP contribution in [0.4, 0.5) is 10.5 Å². The fourth-order valence-electron chi connectivity index (χ4n) is 1.55. The van der Waals surface area contributed by atoms with E-state index in [0.717, 1.165) is 5.56 Å². The second kappa shape index (κ2) is 6.26. The SMILES string of the molecule is CC(CN)c1cc(NC(=O)OC(C)(C)C)ccc1Cl. The smallest absolute Gasteiger partial charge is 0.412 e. The van der Waals surface area contributed by atoms with Crippen molar-refractivity contribution < 1.29 is 9.53 Å². The Morgan fingerprint density at radius 2 is 2.11 bits per heavy atom. The molecule has 0 aliphatic heterocycles. The molecule has 106 valence electrons. The number of rotatable bonds is 3. The molecule has 0 heterocycles. The molecule has 3 N–H and O–H groups in total. The Labute approximate surface area is 119 Å². The van der Waals surface area contributed by atoms with Crippen LogP contribution in [0.1, 0.15) is 39.2 Å². The first kappa shape index (κ1) is 15.8. The van der Waals surface area contributed by atoms with E-state index in [-0.39, 0.29) is 5.92 Å². The standard InChI is InChI=1S/C14H21ClN2O2/c1-9(8-16)11-7-10(5-6-12(11)15)17-13(18)19-14(2,3)4/h5-7,9H,8,16H2,1-4H3,(H,17,18). The second-order valence-corrected chi connectivity index (χ2v) is 5.91. The molecule has 0 fully saturated rings. The highest BCUT2D eigenvalue weighted by Gasteiger charge is 2.17. The van der Waals surface area contributed by atoms with Crippen LogP contribution in [0.25, 0.3) is 0 Å². The van der Waals surface area contributed by atoms with Gasteiger partial charge in [-0.1, -0.05) is 18.5 Å². The van der Waals surface area contributed by atoms with Gasteiger partial charge in [0.2, 0.25) is 0 Å². The van der Waals surface area contributed by atoms with Gasteiger partial charge in [-0.05, 0) is 57.0 Å². The Balaban J connectivity index is 2.83. The highest BCUT2D eigenvalue weighted by molar-refractivity contribution is 6.31. The minimum Gasteiger partial charge on any atom is -0.444 e. The molecule has 0 radical (unpaired) electrons. The van der Waals surface area contributed by atoms with E-state index in [2.05, 4.69) is 5.32 Å². The molecule has 4 nitrogen and oxygen atoms in total. The summed E-state index contributed by atoms with van der Waals surface area (Å²) in [7, 11) is 0. The summed E-state index contributed by atoms with van der Waals surface area (Å²) in [5, 5.41) is 3.33. The van der Waals surface area contributed by atoms with Crippen molar-refractivity contribution in [2.24, 2.45) is 5.73 Å². The van der Waals surface area contributed by atoms with Crippen molar-refractivity contribution in [2.45, 2.75) is 39.2 Å². The number of halogens is 1. The Bertz CT molecular complexity index is 455. The van der Waals surface area contributed by atoms with Crippen molar-refractivity contribution in [3.05, 3.63) is 28.8 Å². The molecule has 0 spiro atoms. The van der Waals surface area contributed by atoms with Crippen LogP contribution in [0.15, 0.2) is 18.2 Å². The molecular weight excluding hydrogens is 264 g/mol. The summed E-state index contributed by atoms with van der Waals surface area (Å²) in [5.41, 5.74) is 6.67. The fourth-order valence-corrected chi connectivity index (χ4v) is 1.85. The lowest BCUT2D eigenvalue weighted by atomic mass is 10.0. The number of benzene rings is 1. The minimum absolute atomic E-state index is 0.132. The summed E-state index contributed by atoms with van der Waals surface area (Å²) in [6, 6.07) is 5.30. The quantitative estimate of drug-likeness (QED) is 0.888. The van der Waals surface area contributed by atoms with Gasteiger partial charge in [-0.2, -0.15) is 0 Å². The molecule has 5 heteroatoms. The third kappa shape index (κ3) is 5.09. The van der Waals surface area contributed by atoms with E-state index >= 15 is 0 Å². The maximum Gasteiger partial charge on any atom is 0.412 e. The van der Waals surface area contributed by atoms with Crippen LogP contribution in [-0.2, 0) is 4.74 Å². The normalized spacial score (nSPS) is 12.9.